The first-order valence-electron chi connectivity index (χ1n) is 13.5. The zero-order valence-corrected chi connectivity index (χ0v) is 23.3. The molecule has 2 aromatic carbocycles. The van der Waals surface area contributed by atoms with Gasteiger partial charge in [0.15, 0.2) is 5.76 Å². The lowest BCUT2D eigenvalue weighted by atomic mass is 9.70. The number of para-hydroxylation sites is 1. The highest BCUT2D eigenvalue weighted by molar-refractivity contribution is 6.42. The molecule has 1 aromatic heterocycles. The molecule has 204 valence electrons. The molecule has 4 heterocycles. The molecule has 3 fully saturated rings. The molecule has 2 amide bonds. The van der Waals surface area contributed by atoms with E-state index in [1.54, 1.807) is 12.1 Å². The van der Waals surface area contributed by atoms with Crippen LogP contribution in [0.3, 0.4) is 0 Å². The monoisotopic (exact) mass is 566 g/mol. The number of amides is 2. The van der Waals surface area contributed by atoms with Gasteiger partial charge < -0.3 is 24.4 Å². The lowest BCUT2D eigenvalue weighted by molar-refractivity contribution is -0.125. The minimum atomic E-state index is -0.472. The summed E-state index contributed by atoms with van der Waals surface area (Å²) < 4.78 is 5.34. The summed E-state index contributed by atoms with van der Waals surface area (Å²) in [6, 6.07) is 19.5. The fourth-order valence-electron chi connectivity index (χ4n) is 6.52. The molecule has 3 aliphatic heterocycles. The van der Waals surface area contributed by atoms with Crippen LogP contribution in [-0.2, 0) is 10.2 Å². The van der Waals surface area contributed by atoms with Gasteiger partial charge in [-0.3, -0.25) is 9.59 Å². The van der Waals surface area contributed by atoms with Gasteiger partial charge in [-0.05, 0) is 74.2 Å². The Bertz CT molecular complexity index is 1330. The fourth-order valence-corrected chi connectivity index (χ4v) is 6.81. The van der Waals surface area contributed by atoms with Gasteiger partial charge in [-0.2, -0.15) is 0 Å². The molecule has 1 spiro atoms. The maximum Gasteiger partial charge on any atom is 0.289 e. The number of carbonyl (C=O) groups excluding carboxylic acids is 2. The smallest absolute Gasteiger partial charge is 0.289 e. The second-order valence-corrected chi connectivity index (χ2v) is 11.8. The van der Waals surface area contributed by atoms with Crippen LogP contribution >= 0.6 is 23.2 Å². The van der Waals surface area contributed by atoms with Crippen LogP contribution in [0.4, 0.5) is 5.69 Å². The number of carbonyl (C=O) groups is 2. The molecule has 3 aliphatic rings. The molecule has 3 saturated heterocycles. The molecule has 0 unspecified atom stereocenters. The van der Waals surface area contributed by atoms with Crippen LogP contribution in [0.2, 0.25) is 10.0 Å². The lowest BCUT2D eigenvalue weighted by Crippen LogP contribution is -2.61. The zero-order chi connectivity index (χ0) is 27.0. The largest absolute Gasteiger partial charge is 0.459 e. The number of benzene rings is 2. The average molecular weight is 568 g/mol. The maximum atomic E-state index is 13.0. The predicted molar refractivity (Wildman–Crippen MR) is 152 cm³/mol. The van der Waals surface area contributed by atoms with Gasteiger partial charge in [-0.25, -0.2) is 0 Å². The summed E-state index contributed by atoms with van der Waals surface area (Å²) in [4.78, 5) is 32.4. The highest BCUT2D eigenvalue weighted by Crippen LogP contribution is 2.42. The minimum Gasteiger partial charge on any atom is -0.459 e. The van der Waals surface area contributed by atoms with Gasteiger partial charge in [0.1, 0.15) is 5.54 Å². The van der Waals surface area contributed by atoms with Gasteiger partial charge in [0.25, 0.3) is 5.91 Å². The van der Waals surface area contributed by atoms with Crippen molar-refractivity contribution in [3.63, 3.8) is 0 Å². The molecule has 9 heteroatoms. The van der Waals surface area contributed by atoms with E-state index in [2.05, 4.69) is 27.2 Å². The zero-order valence-electron chi connectivity index (χ0n) is 21.7. The van der Waals surface area contributed by atoms with E-state index in [1.807, 2.05) is 41.3 Å². The van der Waals surface area contributed by atoms with E-state index in [0.717, 1.165) is 56.6 Å². The fraction of sp³-hybridized carbons (Fsp3) is 0.400. The number of likely N-dealkylation sites (tertiary alicyclic amines) is 2. The molecule has 0 radical (unpaired) electrons. The third-order valence-electron chi connectivity index (χ3n) is 8.76. The van der Waals surface area contributed by atoms with E-state index in [9.17, 15) is 9.59 Å². The summed E-state index contributed by atoms with van der Waals surface area (Å²) in [7, 11) is 0. The molecule has 7 nitrogen and oxygen atoms in total. The molecular formula is C30H32Cl2N4O3. The highest BCUT2D eigenvalue weighted by Gasteiger charge is 2.50. The van der Waals surface area contributed by atoms with E-state index >= 15 is 0 Å². The molecule has 6 rings (SSSR count). The van der Waals surface area contributed by atoms with Gasteiger partial charge in [0, 0.05) is 37.3 Å². The van der Waals surface area contributed by atoms with Crippen LogP contribution in [0, 0.1) is 0 Å². The Morgan fingerprint density at radius 3 is 2.44 bits per heavy atom. The second kappa shape index (κ2) is 10.5. The van der Waals surface area contributed by atoms with Crippen molar-refractivity contribution in [2.24, 2.45) is 0 Å². The molecule has 0 saturated carbocycles. The van der Waals surface area contributed by atoms with E-state index in [-0.39, 0.29) is 17.2 Å². The van der Waals surface area contributed by atoms with Crippen molar-refractivity contribution in [3.8, 4) is 0 Å². The van der Waals surface area contributed by atoms with E-state index < -0.39 is 5.54 Å². The third kappa shape index (κ3) is 4.81. The van der Waals surface area contributed by atoms with Gasteiger partial charge in [0.2, 0.25) is 5.91 Å². The van der Waals surface area contributed by atoms with Gasteiger partial charge >= 0.3 is 0 Å². The molecule has 39 heavy (non-hydrogen) atoms. The first kappa shape index (κ1) is 26.2. The van der Waals surface area contributed by atoms with Gasteiger partial charge in [0.05, 0.1) is 23.0 Å². The summed E-state index contributed by atoms with van der Waals surface area (Å²) in [5, 5.41) is 4.14. The Morgan fingerprint density at radius 2 is 1.74 bits per heavy atom. The Balaban J connectivity index is 1.10. The van der Waals surface area contributed by atoms with Crippen LogP contribution < -0.4 is 10.2 Å². The van der Waals surface area contributed by atoms with E-state index in [0.29, 0.717) is 35.6 Å². The molecule has 0 atom stereocenters. The van der Waals surface area contributed by atoms with Crippen molar-refractivity contribution >= 4 is 40.7 Å². The Hall–Kier alpha value is -3.00. The summed E-state index contributed by atoms with van der Waals surface area (Å²) >= 11 is 12.6. The summed E-state index contributed by atoms with van der Waals surface area (Å²) in [5.41, 5.74) is 1.55. The van der Waals surface area contributed by atoms with Gasteiger partial charge in [-0.1, -0.05) is 47.5 Å². The summed E-state index contributed by atoms with van der Waals surface area (Å²) in [5.74, 6) is 0.413. The Kier molecular flexibility index (Phi) is 7.08. The summed E-state index contributed by atoms with van der Waals surface area (Å²) in [6.07, 6.45) is 5.03. The highest BCUT2D eigenvalue weighted by atomic mass is 35.5. The van der Waals surface area contributed by atoms with E-state index in [1.165, 1.54) is 6.26 Å². The molecule has 0 bridgehead atoms. The predicted octanol–water partition coefficient (Wildman–Crippen LogP) is 5.19. The number of anilines is 1. The number of hydrogen-bond acceptors (Lipinski definition) is 5. The number of halogens is 2. The molecule has 3 aromatic rings. The van der Waals surface area contributed by atoms with Crippen LogP contribution in [0.25, 0.3) is 0 Å². The Morgan fingerprint density at radius 1 is 0.974 bits per heavy atom. The van der Waals surface area contributed by atoms with Crippen molar-refractivity contribution in [1.29, 1.82) is 0 Å². The SMILES string of the molecule is O=C(c1ccco1)N1CC(CCCN2CCC3(CC2)C(=O)NCN3c2ccccc2)(c2ccc(Cl)c(Cl)c2)C1. The lowest BCUT2D eigenvalue weighted by Gasteiger charge is -2.51. The minimum absolute atomic E-state index is 0.0881. The number of furan rings is 1. The first-order chi connectivity index (χ1) is 18.9. The number of piperidine rings is 1. The van der Waals surface area contributed by atoms with Crippen molar-refractivity contribution in [3.05, 3.63) is 88.3 Å². The van der Waals surface area contributed by atoms with Crippen LogP contribution in [0.1, 0.15) is 41.8 Å². The average Bonchev–Trinajstić information content (AvgIpc) is 3.58. The quantitative estimate of drug-likeness (QED) is 0.426. The standard InChI is InChI=1S/C30H32Cl2N4O3/c31-24-10-9-22(18-25(24)32)29(19-35(20-29)27(37)26-8-4-17-39-26)11-5-14-34-15-12-30(13-16-34)28(38)33-21-36(30)23-6-2-1-3-7-23/h1-4,6-10,17-18H,5,11-16,19-21H2,(H,33,38). The Labute approximate surface area is 238 Å². The van der Waals surface area contributed by atoms with Crippen LogP contribution in [-0.4, -0.2) is 66.5 Å². The van der Waals surface area contributed by atoms with Crippen molar-refractivity contribution in [2.45, 2.75) is 36.6 Å². The normalized spacial score (nSPS) is 20.2. The number of nitrogens with one attached hydrogen (secondary N) is 1. The van der Waals surface area contributed by atoms with Crippen molar-refractivity contribution in [2.75, 3.05) is 44.3 Å². The number of nitrogens with zero attached hydrogens (tertiary/aromatic N) is 3. The topological polar surface area (TPSA) is 69.0 Å². The van der Waals surface area contributed by atoms with Crippen LogP contribution in [0.5, 0.6) is 0 Å². The first-order valence-corrected chi connectivity index (χ1v) is 14.3. The molecular weight excluding hydrogens is 535 g/mol. The second-order valence-electron chi connectivity index (χ2n) is 11.0. The maximum absolute atomic E-state index is 13.0. The third-order valence-corrected chi connectivity index (χ3v) is 9.50. The summed E-state index contributed by atoms with van der Waals surface area (Å²) in [6.45, 7) is 4.47. The molecule has 1 N–H and O–H groups in total. The number of hydrogen-bond donors (Lipinski definition) is 1. The van der Waals surface area contributed by atoms with Crippen molar-refractivity contribution in [1.82, 2.24) is 15.1 Å². The molecule has 0 aliphatic carbocycles. The van der Waals surface area contributed by atoms with E-state index in [4.69, 9.17) is 27.6 Å². The van der Waals surface area contributed by atoms with Gasteiger partial charge in [-0.15, -0.1) is 0 Å². The number of rotatable bonds is 7. The van der Waals surface area contributed by atoms with Crippen LogP contribution in [0.15, 0.2) is 71.3 Å². The van der Waals surface area contributed by atoms with Crippen molar-refractivity contribution < 1.29 is 14.0 Å².